The molecule has 4 heteroatoms. The molecule has 25 heavy (non-hydrogen) atoms. The third-order valence-electron chi connectivity index (χ3n) is 4.26. The molecule has 0 unspecified atom stereocenters. The number of allylic oxidation sites excluding steroid dienone is 4. The highest BCUT2D eigenvalue weighted by Crippen LogP contribution is 2.40. The Balaban J connectivity index is 3.40. The van der Waals surface area contributed by atoms with Gasteiger partial charge in [0.05, 0.1) is 0 Å². The molecule has 140 valence electrons. The summed E-state index contributed by atoms with van der Waals surface area (Å²) in [7, 11) is 0. The van der Waals surface area contributed by atoms with Crippen molar-refractivity contribution in [1.82, 2.24) is 0 Å². The van der Waals surface area contributed by atoms with Gasteiger partial charge < -0.3 is 15.3 Å². The molecule has 1 rings (SSSR count). The van der Waals surface area contributed by atoms with Crippen molar-refractivity contribution in [2.24, 2.45) is 5.92 Å². The minimum absolute atomic E-state index is 0.0711. The van der Waals surface area contributed by atoms with E-state index in [2.05, 4.69) is 0 Å². The Kier molecular flexibility index (Phi) is 7.24. The maximum Gasteiger partial charge on any atom is 0.162 e. The largest absolute Gasteiger partial charge is 0.509 e. The molecule has 0 amide bonds. The molecule has 1 atom stereocenters. The van der Waals surface area contributed by atoms with Crippen LogP contribution in [0.2, 0.25) is 0 Å². The van der Waals surface area contributed by atoms with Gasteiger partial charge in [0, 0.05) is 30.4 Å². The van der Waals surface area contributed by atoms with Crippen LogP contribution in [0.15, 0.2) is 46.0 Å². The van der Waals surface area contributed by atoms with Gasteiger partial charge in [0.25, 0.3) is 0 Å². The second kappa shape index (κ2) is 8.52. The molecule has 4 nitrogen and oxygen atoms in total. The van der Waals surface area contributed by atoms with Gasteiger partial charge in [-0.1, -0.05) is 37.1 Å². The van der Waals surface area contributed by atoms with Crippen molar-refractivity contribution in [2.75, 3.05) is 0 Å². The first-order chi connectivity index (χ1) is 11.5. The van der Waals surface area contributed by atoms with Crippen LogP contribution in [0.4, 0.5) is 0 Å². The molecule has 0 fully saturated rings. The first kappa shape index (κ1) is 21.2. The van der Waals surface area contributed by atoms with Crippen LogP contribution in [-0.4, -0.2) is 26.7 Å². The van der Waals surface area contributed by atoms with Crippen molar-refractivity contribution in [3.63, 3.8) is 0 Å². The summed E-state index contributed by atoms with van der Waals surface area (Å²) in [6, 6.07) is 0. The lowest BCUT2D eigenvalue weighted by Gasteiger charge is -2.33. The van der Waals surface area contributed by atoms with Crippen LogP contribution >= 0.6 is 0 Å². The van der Waals surface area contributed by atoms with E-state index in [-0.39, 0.29) is 53.6 Å². The van der Waals surface area contributed by atoms with Gasteiger partial charge in [0.2, 0.25) is 0 Å². The average Bonchev–Trinajstić information content (AvgIpc) is 2.48. The number of carbonyl (C=O) groups excluding carboxylic acids is 1. The summed E-state index contributed by atoms with van der Waals surface area (Å²) in [6.07, 6.45) is 4.40. The number of hydrogen-bond donors (Lipinski definition) is 3. The van der Waals surface area contributed by atoms with E-state index in [1.165, 1.54) is 0 Å². The monoisotopic (exact) mass is 348 g/mol. The molecule has 0 aliphatic heterocycles. The minimum atomic E-state index is -1.56. The Morgan fingerprint density at radius 2 is 1.68 bits per heavy atom. The summed E-state index contributed by atoms with van der Waals surface area (Å²) in [5, 5.41) is 32.2. The molecule has 0 aromatic heterocycles. The molecule has 0 saturated heterocycles. The molecule has 0 spiro atoms. The van der Waals surface area contributed by atoms with Crippen LogP contribution in [-0.2, 0) is 4.79 Å². The van der Waals surface area contributed by atoms with E-state index in [0.717, 1.165) is 11.1 Å². The van der Waals surface area contributed by atoms with Crippen LogP contribution in [0.3, 0.4) is 0 Å². The molecule has 3 N–H and O–H groups in total. The predicted octanol–water partition coefficient (Wildman–Crippen LogP) is 5.07. The van der Waals surface area contributed by atoms with Crippen LogP contribution < -0.4 is 0 Å². The SMILES string of the molecule is CC(C)=CCC1=C(O)[C@](O)(CC=C(C)C)CC(C(=O)CC(C)C)=C1O. The Morgan fingerprint density at radius 1 is 1.12 bits per heavy atom. The zero-order valence-electron chi connectivity index (χ0n) is 16.3. The van der Waals surface area contributed by atoms with E-state index in [1.54, 1.807) is 0 Å². The number of ketones is 1. The lowest BCUT2D eigenvalue weighted by Crippen LogP contribution is -2.37. The predicted molar refractivity (Wildman–Crippen MR) is 101 cm³/mol. The van der Waals surface area contributed by atoms with E-state index < -0.39 is 5.60 Å². The fraction of sp³-hybridized carbons (Fsp3) is 0.571. The van der Waals surface area contributed by atoms with Gasteiger partial charge in [0.1, 0.15) is 17.1 Å². The second-order valence-electron chi connectivity index (χ2n) is 7.86. The van der Waals surface area contributed by atoms with E-state index in [1.807, 2.05) is 53.7 Å². The average molecular weight is 348 g/mol. The molecular formula is C21H32O4. The van der Waals surface area contributed by atoms with Gasteiger partial charge in [-0.05, 0) is 40.0 Å². The quantitative estimate of drug-likeness (QED) is 0.561. The highest BCUT2D eigenvalue weighted by atomic mass is 16.3. The molecule has 0 bridgehead atoms. The number of rotatable bonds is 7. The van der Waals surface area contributed by atoms with Crippen molar-refractivity contribution in [3.8, 4) is 0 Å². The van der Waals surface area contributed by atoms with E-state index in [9.17, 15) is 20.1 Å². The number of Topliss-reactive ketones (excluding diaryl/α,β-unsaturated/α-hetero) is 1. The van der Waals surface area contributed by atoms with E-state index in [4.69, 9.17) is 0 Å². The molecular weight excluding hydrogens is 316 g/mol. The van der Waals surface area contributed by atoms with Gasteiger partial charge in [-0.3, -0.25) is 4.79 Å². The van der Waals surface area contributed by atoms with Crippen molar-refractivity contribution in [2.45, 2.75) is 72.8 Å². The van der Waals surface area contributed by atoms with Crippen molar-refractivity contribution < 1.29 is 20.1 Å². The molecule has 0 heterocycles. The normalized spacial score (nSPS) is 20.8. The first-order valence-electron chi connectivity index (χ1n) is 8.85. The van der Waals surface area contributed by atoms with E-state index >= 15 is 0 Å². The third-order valence-corrected chi connectivity index (χ3v) is 4.26. The topological polar surface area (TPSA) is 77.8 Å². The maximum absolute atomic E-state index is 12.6. The van der Waals surface area contributed by atoms with Crippen LogP contribution in [0.5, 0.6) is 0 Å². The summed E-state index contributed by atoms with van der Waals surface area (Å²) in [4.78, 5) is 12.6. The Hall–Kier alpha value is -1.81. The standard InChI is InChI=1S/C21H32O4/c1-13(2)7-8-16-19(23)17(18(22)11-15(5)6)12-21(25,20(16)24)10-9-14(3)4/h7,9,15,23-25H,8,10-12H2,1-6H3/t21-/m0/s1. The van der Waals surface area contributed by atoms with Crippen LogP contribution in [0, 0.1) is 5.92 Å². The summed E-state index contributed by atoms with van der Waals surface area (Å²) in [5.41, 5.74) is 0.941. The smallest absolute Gasteiger partial charge is 0.162 e. The second-order valence-corrected chi connectivity index (χ2v) is 7.86. The molecule has 0 saturated carbocycles. The highest BCUT2D eigenvalue weighted by molar-refractivity contribution is 5.97. The first-order valence-corrected chi connectivity index (χ1v) is 8.85. The van der Waals surface area contributed by atoms with Crippen LogP contribution in [0.25, 0.3) is 0 Å². The number of aliphatic hydroxyl groups is 3. The summed E-state index contributed by atoms with van der Waals surface area (Å²) < 4.78 is 0. The fourth-order valence-electron chi connectivity index (χ4n) is 2.80. The molecule has 0 aromatic rings. The number of aliphatic hydroxyl groups excluding tert-OH is 2. The van der Waals surface area contributed by atoms with E-state index in [0.29, 0.717) is 6.42 Å². The van der Waals surface area contributed by atoms with Crippen molar-refractivity contribution in [1.29, 1.82) is 0 Å². The van der Waals surface area contributed by atoms with Gasteiger partial charge in [0.15, 0.2) is 5.78 Å². The summed E-state index contributed by atoms with van der Waals surface area (Å²) in [6.45, 7) is 11.5. The van der Waals surface area contributed by atoms with Gasteiger partial charge in [-0.25, -0.2) is 0 Å². The summed E-state index contributed by atoms with van der Waals surface area (Å²) in [5.74, 6) is -0.437. The number of carbonyl (C=O) groups is 1. The maximum atomic E-state index is 12.6. The van der Waals surface area contributed by atoms with Gasteiger partial charge >= 0.3 is 0 Å². The highest BCUT2D eigenvalue weighted by Gasteiger charge is 2.41. The summed E-state index contributed by atoms with van der Waals surface area (Å²) >= 11 is 0. The molecule has 1 aliphatic rings. The third kappa shape index (κ3) is 5.60. The van der Waals surface area contributed by atoms with Gasteiger partial charge in [-0.15, -0.1) is 0 Å². The molecule has 0 radical (unpaired) electrons. The van der Waals surface area contributed by atoms with Crippen LogP contribution in [0.1, 0.15) is 67.2 Å². The zero-order chi connectivity index (χ0) is 19.4. The van der Waals surface area contributed by atoms with Gasteiger partial charge in [-0.2, -0.15) is 0 Å². The molecule has 1 aliphatic carbocycles. The fourth-order valence-corrected chi connectivity index (χ4v) is 2.80. The minimum Gasteiger partial charge on any atom is -0.509 e. The Bertz CT molecular complexity index is 639. The molecule has 0 aromatic carbocycles. The number of hydrogen-bond acceptors (Lipinski definition) is 4. The lowest BCUT2D eigenvalue weighted by molar-refractivity contribution is -0.117. The lowest BCUT2D eigenvalue weighted by atomic mass is 9.78. The van der Waals surface area contributed by atoms with Crippen molar-refractivity contribution in [3.05, 3.63) is 46.0 Å². The Labute approximate surface area is 151 Å². The zero-order valence-corrected chi connectivity index (χ0v) is 16.3. The van der Waals surface area contributed by atoms with Crippen molar-refractivity contribution >= 4 is 5.78 Å². The Morgan fingerprint density at radius 3 is 2.16 bits per heavy atom.